The van der Waals surface area contributed by atoms with Gasteiger partial charge in [-0.15, -0.1) is 0 Å². The monoisotopic (exact) mass is 343 g/mol. The number of carbonyl (C=O) groups excluding carboxylic acids is 2. The van der Waals surface area contributed by atoms with Crippen molar-refractivity contribution in [2.45, 2.75) is 26.9 Å². The van der Waals surface area contributed by atoms with E-state index in [0.717, 1.165) is 5.56 Å². The molecular weight excluding hydrogens is 322 g/mol. The highest BCUT2D eigenvalue weighted by Gasteiger charge is 2.22. The van der Waals surface area contributed by atoms with Crippen LogP contribution in [0.15, 0.2) is 36.4 Å². The summed E-state index contributed by atoms with van der Waals surface area (Å²) in [5.74, 6) is -0.904. The van der Waals surface area contributed by atoms with Crippen molar-refractivity contribution in [1.29, 1.82) is 0 Å². The average Bonchev–Trinajstić information content (AvgIpc) is 2.57. The van der Waals surface area contributed by atoms with Crippen molar-refractivity contribution >= 4 is 17.6 Å². The number of para-hydroxylation sites is 1. The number of anilines is 1. The van der Waals surface area contributed by atoms with Gasteiger partial charge in [-0.2, -0.15) is 0 Å². The quantitative estimate of drug-likeness (QED) is 0.815. The molecule has 2 rings (SSSR count). The number of phenolic OH excluding ortho intramolecular Hbond substituents is 1. The van der Waals surface area contributed by atoms with E-state index in [0.29, 0.717) is 17.0 Å². The van der Waals surface area contributed by atoms with Gasteiger partial charge in [0.2, 0.25) is 0 Å². The average molecular weight is 343 g/mol. The van der Waals surface area contributed by atoms with Crippen LogP contribution in [0.4, 0.5) is 5.69 Å². The number of aromatic hydroxyl groups is 1. The molecule has 0 spiro atoms. The summed E-state index contributed by atoms with van der Waals surface area (Å²) in [7, 11) is 1.50. The van der Waals surface area contributed by atoms with E-state index in [1.807, 2.05) is 13.0 Å². The number of phenols is 1. The van der Waals surface area contributed by atoms with E-state index >= 15 is 0 Å². The Morgan fingerprint density at radius 1 is 1.16 bits per heavy atom. The fourth-order valence-corrected chi connectivity index (χ4v) is 2.26. The van der Waals surface area contributed by atoms with Crippen LogP contribution >= 0.6 is 0 Å². The Kier molecular flexibility index (Phi) is 5.64. The number of rotatable bonds is 5. The van der Waals surface area contributed by atoms with E-state index in [9.17, 15) is 14.7 Å². The second kappa shape index (κ2) is 7.70. The van der Waals surface area contributed by atoms with Crippen molar-refractivity contribution in [3.63, 3.8) is 0 Å². The molecule has 0 aliphatic heterocycles. The van der Waals surface area contributed by atoms with Gasteiger partial charge in [0.25, 0.3) is 5.91 Å². The molecule has 2 aromatic rings. The Morgan fingerprint density at radius 3 is 2.56 bits per heavy atom. The van der Waals surface area contributed by atoms with Crippen LogP contribution in [0, 0.1) is 13.8 Å². The lowest BCUT2D eigenvalue weighted by molar-refractivity contribution is -0.123. The van der Waals surface area contributed by atoms with Crippen molar-refractivity contribution in [1.82, 2.24) is 0 Å². The molecule has 1 unspecified atom stereocenters. The van der Waals surface area contributed by atoms with Gasteiger partial charge in [0.05, 0.1) is 12.8 Å². The number of amides is 1. The second-order valence-electron chi connectivity index (χ2n) is 5.71. The van der Waals surface area contributed by atoms with Crippen LogP contribution < -0.4 is 10.1 Å². The van der Waals surface area contributed by atoms with Crippen molar-refractivity contribution in [2.75, 3.05) is 12.4 Å². The maximum atomic E-state index is 12.3. The zero-order chi connectivity index (χ0) is 18.6. The zero-order valence-corrected chi connectivity index (χ0v) is 14.6. The molecule has 0 saturated heterocycles. The largest absolute Gasteiger partial charge is 0.507 e. The third-order valence-corrected chi connectivity index (χ3v) is 3.72. The van der Waals surface area contributed by atoms with Gasteiger partial charge >= 0.3 is 5.97 Å². The zero-order valence-electron chi connectivity index (χ0n) is 14.6. The minimum atomic E-state index is -1.04. The number of methoxy groups -OCH3 is 1. The minimum Gasteiger partial charge on any atom is -0.507 e. The Balaban J connectivity index is 2.09. The highest BCUT2D eigenvalue weighted by atomic mass is 16.5. The van der Waals surface area contributed by atoms with Gasteiger partial charge < -0.3 is 19.9 Å². The summed E-state index contributed by atoms with van der Waals surface area (Å²) in [4.78, 5) is 24.5. The van der Waals surface area contributed by atoms with E-state index in [-0.39, 0.29) is 11.3 Å². The maximum Gasteiger partial charge on any atom is 0.342 e. The van der Waals surface area contributed by atoms with E-state index in [2.05, 4.69) is 5.32 Å². The van der Waals surface area contributed by atoms with Gasteiger partial charge in [-0.25, -0.2) is 4.79 Å². The molecule has 1 atom stereocenters. The lowest BCUT2D eigenvalue weighted by atomic mass is 10.1. The second-order valence-corrected chi connectivity index (χ2v) is 5.71. The number of carbonyl (C=O) groups is 2. The normalized spacial score (nSPS) is 11.5. The summed E-state index contributed by atoms with van der Waals surface area (Å²) in [5, 5.41) is 12.6. The summed E-state index contributed by atoms with van der Waals surface area (Å²) >= 11 is 0. The highest BCUT2D eigenvalue weighted by Crippen LogP contribution is 2.26. The first-order chi connectivity index (χ1) is 11.8. The molecule has 0 fully saturated rings. The molecule has 6 nitrogen and oxygen atoms in total. The number of hydrogen-bond donors (Lipinski definition) is 2. The first kappa shape index (κ1) is 18.3. The summed E-state index contributed by atoms with van der Waals surface area (Å²) in [6.07, 6.45) is -1.04. The molecule has 0 heterocycles. The lowest BCUT2D eigenvalue weighted by Crippen LogP contribution is -2.30. The van der Waals surface area contributed by atoms with Gasteiger partial charge in [-0.1, -0.05) is 18.2 Å². The van der Waals surface area contributed by atoms with Crippen molar-refractivity contribution in [2.24, 2.45) is 0 Å². The Bertz CT molecular complexity index is 800. The third-order valence-electron chi connectivity index (χ3n) is 3.72. The number of ether oxygens (including phenoxy) is 2. The fourth-order valence-electron chi connectivity index (χ4n) is 2.26. The van der Waals surface area contributed by atoms with Gasteiger partial charge in [0, 0.05) is 0 Å². The molecule has 0 radical (unpaired) electrons. The van der Waals surface area contributed by atoms with Gasteiger partial charge in [0.15, 0.2) is 6.10 Å². The smallest absolute Gasteiger partial charge is 0.342 e. The molecule has 0 aromatic heterocycles. The van der Waals surface area contributed by atoms with Crippen LogP contribution in [0.5, 0.6) is 11.5 Å². The lowest BCUT2D eigenvalue weighted by Gasteiger charge is -2.16. The van der Waals surface area contributed by atoms with Crippen LogP contribution in [0.25, 0.3) is 0 Å². The topological polar surface area (TPSA) is 84.9 Å². The molecule has 0 aliphatic carbocycles. The molecule has 1 amide bonds. The predicted molar refractivity (Wildman–Crippen MR) is 94.1 cm³/mol. The number of esters is 1. The summed E-state index contributed by atoms with van der Waals surface area (Å²) in [6.45, 7) is 5.02. The molecule has 2 N–H and O–H groups in total. The Morgan fingerprint density at radius 2 is 1.88 bits per heavy atom. The van der Waals surface area contributed by atoms with Crippen LogP contribution in [0.3, 0.4) is 0 Å². The molecule has 0 aliphatic rings. The Labute approximate surface area is 146 Å². The van der Waals surface area contributed by atoms with E-state index in [1.165, 1.54) is 20.1 Å². The minimum absolute atomic E-state index is 0.0211. The molecule has 2 aromatic carbocycles. The summed E-state index contributed by atoms with van der Waals surface area (Å²) < 4.78 is 10.4. The number of hydrogen-bond acceptors (Lipinski definition) is 5. The first-order valence-corrected chi connectivity index (χ1v) is 7.78. The number of aryl methyl sites for hydroxylation is 2. The summed E-state index contributed by atoms with van der Waals surface area (Å²) in [6, 6.07) is 10.1. The van der Waals surface area contributed by atoms with Crippen molar-refractivity contribution in [3.05, 3.63) is 53.1 Å². The fraction of sp³-hybridized carbons (Fsp3) is 0.263. The van der Waals surface area contributed by atoms with Gasteiger partial charge in [-0.05, 0) is 50.1 Å². The van der Waals surface area contributed by atoms with Crippen LogP contribution in [-0.4, -0.2) is 30.2 Å². The summed E-state index contributed by atoms with van der Waals surface area (Å²) in [5.41, 5.74) is 2.02. The molecular formula is C19H21NO5. The molecule has 6 heteroatoms. The maximum absolute atomic E-state index is 12.3. The van der Waals surface area contributed by atoms with Gasteiger partial charge in [-0.3, -0.25) is 4.79 Å². The number of benzene rings is 2. The number of nitrogens with one attached hydrogen (secondary N) is 1. The SMILES string of the molecule is COc1ccc(C)cc1NC(=O)C(C)OC(=O)c1cccc(C)c1O. The van der Waals surface area contributed by atoms with Crippen molar-refractivity contribution < 1.29 is 24.2 Å². The predicted octanol–water partition coefficient (Wildman–Crippen LogP) is 3.20. The third kappa shape index (κ3) is 4.29. The Hall–Kier alpha value is -3.02. The molecule has 132 valence electrons. The van der Waals surface area contributed by atoms with E-state index in [4.69, 9.17) is 9.47 Å². The van der Waals surface area contributed by atoms with Crippen LogP contribution in [0.2, 0.25) is 0 Å². The van der Waals surface area contributed by atoms with Crippen LogP contribution in [-0.2, 0) is 9.53 Å². The standard InChI is InChI=1S/C19H21NO5/c1-11-8-9-16(24-4)15(10-11)20-18(22)13(3)25-19(23)14-7-5-6-12(2)17(14)21/h5-10,13,21H,1-4H3,(H,20,22). The molecule has 25 heavy (non-hydrogen) atoms. The molecule has 0 saturated carbocycles. The highest BCUT2D eigenvalue weighted by molar-refractivity contribution is 5.99. The van der Waals surface area contributed by atoms with E-state index < -0.39 is 18.0 Å². The van der Waals surface area contributed by atoms with E-state index in [1.54, 1.807) is 31.2 Å². The molecule has 0 bridgehead atoms. The van der Waals surface area contributed by atoms with Crippen molar-refractivity contribution in [3.8, 4) is 11.5 Å². The first-order valence-electron chi connectivity index (χ1n) is 7.78. The van der Waals surface area contributed by atoms with Crippen LogP contribution in [0.1, 0.15) is 28.4 Å². The van der Waals surface area contributed by atoms with Gasteiger partial charge in [0.1, 0.15) is 17.1 Å².